The number of para-hydroxylation sites is 2. The molecule has 5 heteroatoms. The molecule has 18 heavy (non-hydrogen) atoms. The maximum Gasteiger partial charge on any atom is 0.259 e. The summed E-state index contributed by atoms with van der Waals surface area (Å²) < 4.78 is 5.11. The maximum atomic E-state index is 12.1. The molecule has 0 aliphatic heterocycles. The molecule has 0 fully saturated rings. The van der Waals surface area contributed by atoms with Crippen molar-refractivity contribution in [2.75, 3.05) is 5.32 Å². The van der Waals surface area contributed by atoms with Crippen molar-refractivity contribution in [1.29, 1.82) is 0 Å². The fourth-order valence-electron chi connectivity index (χ4n) is 1.49. The Bertz CT molecular complexity index is 560. The van der Waals surface area contributed by atoms with E-state index in [0.29, 0.717) is 16.3 Å². The van der Waals surface area contributed by atoms with Crippen LogP contribution in [0.1, 0.15) is 10.4 Å². The van der Waals surface area contributed by atoms with E-state index in [1.807, 2.05) is 30.3 Å². The summed E-state index contributed by atoms with van der Waals surface area (Å²) in [6.45, 7) is 0. The molecule has 0 saturated carbocycles. The van der Waals surface area contributed by atoms with Crippen LogP contribution in [0.25, 0.3) is 0 Å². The second kappa shape index (κ2) is 6.06. The Labute approximate surface area is 124 Å². The van der Waals surface area contributed by atoms with Crippen molar-refractivity contribution in [1.82, 2.24) is 0 Å². The van der Waals surface area contributed by atoms with Crippen molar-refractivity contribution in [3.63, 3.8) is 0 Å². The number of anilines is 1. The summed E-state index contributed by atoms with van der Waals surface area (Å²) in [4.78, 5) is 12.1. The van der Waals surface area contributed by atoms with Crippen LogP contribution in [-0.4, -0.2) is 5.91 Å². The average molecular weight is 374 g/mol. The first-order valence-corrected chi connectivity index (χ1v) is 6.41. The standard InChI is InChI=1S/C13H9ClINO2/c14-11-8-4-7-10(12(11)18-15)13(17)16-9-5-2-1-3-6-9/h1-8H,(H,16,17). The maximum absolute atomic E-state index is 12.1. The Balaban J connectivity index is 2.27. The number of amides is 1. The van der Waals surface area contributed by atoms with E-state index >= 15 is 0 Å². The van der Waals surface area contributed by atoms with Crippen LogP contribution in [0.15, 0.2) is 48.5 Å². The molecule has 0 unspecified atom stereocenters. The van der Waals surface area contributed by atoms with Gasteiger partial charge in [0.1, 0.15) is 0 Å². The van der Waals surface area contributed by atoms with Crippen molar-refractivity contribution < 1.29 is 7.86 Å². The highest BCUT2D eigenvalue weighted by Crippen LogP contribution is 2.30. The summed E-state index contributed by atoms with van der Waals surface area (Å²) in [5, 5.41) is 3.19. The van der Waals surface area contributed by atoms with E-state index in [1.54, 1.807) is 41.2 Å². The summed E-state index contributed by atoms with van der Waals surface area (Å²) in [7, 11) is 0. The van der Waals surface area contributed by atoms with Gasteiger partial charge in [0.15, 0.2) is 28.8 Å². The highest BCUT2D eigenvalue weighted by molar-refractivity contribution is 14.1. The lowest BCUT2D eigenvalue weighted by Gasteiger charge is -2.09. The Morgan fingerprint density at radius 2 is 1.83 bits per heavy atom. The number of nitrogens with one attached hydrogen (secondary N) is 1. The molecule has 0 heterocycles. The quantitative estimate of drug-likeness (QED) is 0.814. The zero-order valence-electron chi connectivity index (χ0n) is 9.19. The predicted octanol–water partition coefficient (Wildman–Crippen LogP) is 4.32. The summed E-state index contributed by atoms with van der Waals surface area (Å²) in [5.74, 6) is 0.114. The minimum atomic E-state index is -0.254. The van der Waals surface area contributed by atoms with Gasteiger partial charge in [-0.05, 0) is 24.3 Å². The third-order valence-electron chi connectivity index (χ3n) is 2.32. The molecule has 0 bridgehead atoms. The van der Waals surface area contributed by atoms with Gasteiger partial charge in [0, 0.05) is 5.69 Å². The lowest BCUT2D eigenvalue weighted by Crippen LogP contribution is -2.12. The number of halogens is 2. The highest BCUT2D eigenvalue weighted by Gasteiger charge is 2.15. The molecule has 1 amide bonds. The second-order valence-electron chi connectivity index (χ2n) is 3.51. The Kier molecular flexibility index (Phi) is 4.43. The van der Waals surface area contributed by atoms with Gasteiger partial charge in [-0.15, -0.1) is 0 Å². The highest BCUT2D eigenvalue weighted by atomic mass is 127. The zero-order chi connectivity index (χ0) is 13.0. The third kappa shape index (κ3) is 2.94. The number of hydrogen-bond acceptors (Lipinski definition) is 2. The van der Waals surface area contributed by atoms with Crippen LogP contribution in [0.5, 0.6) is 5.75 Å². The van der Waals surface area contributed by atoms with Crippen molar-refractivity contribution in [2.24, 2.45) is 0 Å². The first-order valence-electron chi connectivity index (χ1n) is 5.16. The molecule has 2 aromatic carbocycles. The number of carbonyl (C=O) groups excluding carboxylic acids is 1. The SMILES string of the molecule is O=C(Nc1ccccc1)c1cccc(Cl)c1OI. The van der Waals surface area contributed by atoms with E-state index in [4.69, 9.17) is 14.7 Å². The normalized spacial score (nSPS) is 9.89. The minimum Gasteiger partial charge on any atom is -0.425 e. The van der Waals surface area contributed by atoms with Gasteiger partial charge >= 0.3 is 0 Å². The topological polar surface area (TPSA) is 38.3 Å². The molecule has 0 radical (unpaired) electrons. The summed E-state index contributed by atoms with van der Waals surface area (Å²) in [5.41, 5.74) is 1.13. The van der Waals surface area contributed by atoms with Gasteiger partial charge in [0.2, 0.25) is 0 Å². The molecule has 0 aliphatic carbocycles. The fourth-order valence-corrected chi connectivity index (χ4v) is 2.30. The molecule has 0 saturated heterocycles. The molecule has 1 N–H and O–H groups in total. The van der Waals surface area contributed by atoms with E-state index in [9.17, 15) is 4.79 Å². The predicted molar refractivity (Wildman–Crippen MR) is 80.5 cm³/mol. The molecule has 0 atom stereocenters. The number of benzene rings is 2. The van der Waals surface area contributed by atoms with Crippen LogP contribution in [-0.2, 0) is 0 Å². The number of carbonyl (C=O) groups is 1. The Hall–Kier alpha value is -1.27. The van der Waals surface area contributed by atoms with E-state index in [1.165, 1.54) is 0 Å². The van der Waals surface area contributed by atoms with Crippen molar-refractivity contribution >= 4 is 46.2 Å². The number of rotatable bonds is 3. The van der Waals surface area contributed by atoms with Crippen LogP contribution in [0, 0.1) is 0 Å². The van der Waals surface area contributed by atoms with Crippen LogP contribution in [0.4, 0.5) is 5.69 Å². The lowest BCUT2D eigenvalue weighted by atomic mass is 10.2. The molecule has 2 rings (SSSR count). The van der Waals surface area contributed by atoms with Gasteiger partial charge < -0.3 is 8.38 Å². The van der Waals surface area contributed by atoms with Crippen LogP contribution >= 0.6 is 34.6 Å². The monoisotopic (exact) mass is 373 g/mol. The number of hydrogen-bond donors (Lipinski definition) is 1. The first-order chi connectivity index (χ1) is 8.72. The minimum absolute atomic E-state index is 0.254. The molecule has 92 valence electrons. The molecule has 3 nitrogen and oxygen atoms in total. The van der Waals surface area contributed by atoms with Crippen LogP contribution in [0.3, 0.4) is 0 Å². The summed E-state index contributed by atoms with van der Waals surface area (Å²) >= 11 is 7.67. The molecule has 0 aliphatic rings. The van der Waals surface area contributed by atoms with Gasteiger partial charge in [-0.1, -0.05) is 35.9 Å². The molecule has 2 aromatic rings. The average Bonchev–Trinajstić information content (AvgIpc) is 2.39. The summed E-state index contributed by atoms with van der Waals surface area (Å²) in [6, 6.07) is 14.3. The molecular formula is C13H9ClINO2. The van der Waals surface area contributed by atoms with Crippen LogP contribution in [0.2, 0.25) is 5.02 Å². The zero-order valence-corrected chi connectivity index (χ0v) is 12.1. The van der Waals surface area contributed by atoms with Gasteiger partial charge in [-0.2, -0.15) is 0 Å². The van der Waals surface area contributed by atoms with Gasteiger partial charge in [0.25, 0.3) is 5.91 Å². The fraction of sp³-hybridized carbons (Fsp3) is 0. The van der Waals surface area contributed by atoms with E-state index in [-0.39, 0.29) is 5.91 Å². The van der Waals surface area contributed by atoms with E-state index < -0.39 is 0 Å². The van der Waals surface area contributed by atoms with Gasteiger partial charge in [0.05, 0.1) is 10.6 Å². The smallest absolute Gasteiger partial charge is 0.259 e. The van der Waals surface area contributed by atoms with Crippen molar-refractivity contribution in [2.45, 2.75) is 0 Å². The molecular weight excluding hydrogens is 365 g/mol. The summed E-state index contributed by atoms with van der Waals surface area (Å²) in [6.07, 6.45) is 0. The van der Waals surface area contributed by atoms with Gasteiger partial charge in [-0.3, -0.25) is 4.79 Å². The van der Waals surface area contributed by atoms with Crippen molar-refractivity contribution in [3.05, 3.63) is 59.1 Å². The molecule has 0 aromatic heterocycles. The van der Waals surface area contributed by atoms with E-state index in [2.05, 4.69) is 5.32 Å². The lowest BCUT2D eigenvalue weighted by molar-refractivity contribution is 0.102. The molecule has 0 spiro atoms. The Morgan fingerprint density at radius 3 is 2.50 bits per heavy atom. The van der Waals surface area contributed by atoms with Crippen molar-refractivity contribution in [3.8, 4) is 5.75 Å². The van der Waals surface area contributed by atoms with Crippen LogP contribution < -0.4 is 8.38 Å². The first kappa shape index (κ1) is 13.2. The largest absolute Gasteiger partial charge is 0.425 e. The second-order valence-corrected chi connectivity index (χ2v) is 4.36. The Morgan fingerprint density at radius 1 is 1.11 bits per heavy atom. The van der Waals surface area contributed by atoms with E-state index in [0.717, 1.165) is 5.69 Å². The third-order valence-corrected chi connectivity index (χ3v) is 3.06. The van der Waals surface area contributed by atoms with Gasteiger partial charge in [-0.25, -0.2) is 0 Å².